The van der Waals surface area contributed by atoms with Gasteiger partial charge in [-0.2, -0.15) is 17.5 Å². The van der Waals surface area contributed by atoms with Gasteiger partial charge in [-0.25, -0.2) is 8.42 Å². The number of benzene rings is 1. The first-order chi connectivity index (χ1) is 9.67. The van der Waals surface area contributed by atoms with Gasteiger partial charge in [0, 0.05) is 12.6 Å². The van der Waals surface area contributed by atoms with E-state index in [2.05, 4.69) is 0 Å². The van der Waals surface area contributed by atoms with Crippen molar-refractivity contribution in [3.8, 4) is 0 Å². The first-order valence-electron chi connectivity index (χ1n) is 6.56. The summed E-state index contributed by atoms with van der Waals surface area (Å²) in [5.41, 5.74) is 4.41. The molecular weight excluding hydrogens is 341 g/mol. The van der Waals surface area contributed by atoms with Crippen molar-refractivity contribution in [2.24, 2.45) is 11.7 Å². The van der Waals surface area contributed by atoms with E-state index in [1.54, 1.807) is 6.92 Å². The normalized spacial score (nSPS) is 23.3. The van der Waals surface area contributed by atoms with Gasteiger partial charge in [-0.1, -0.05) is 12.1 Å². The molecule has 2 rings (SSSR count). The highest BCUT2D eigenvalue weighted by Gasteiger charge is 2.42. The molecule has 0 bridgehead atoms. The minimum atomic E-state index is -4.71. The average Bonchev–Trinajstić information content (AvgIpc) is 2.80. The number of nitrogens with zero attached hydrogens (tertiary/aromatic N) is 1. The number of sulfonamides is 1. The SMILES string of the molecule is CC1CC(CN)CN1S(=O)(=O)c1ccccc1C(F)(F)F.Cl. The van der Waals surface area contributed by atoms with Crippen molar-refractivity contribution in [1.82, 2.24) is 4.31 Å². The van der Waals surface area contributed by atoms with E-state index in [1.807, 2.05) is 0 Å². The van der Waals surface area contributed by atoms with Gasteiger partial charge in [0.1, 0.15) is 0 Å². The van der Waals surface area contributed by atoms with Crippen molar-refractivity contribution < 1.29 is 21.6 Å². The summed E-state index contributed by atoms with van der Waals surface area (Å²) in [6.07, 6.45) is -4.15. The van der Waals surface area contributed by atoms with E-state index in [1.165, 1.54) is 12.1 Å². The molecule has 0 radical (unpaired) electrons. The average molecular weight is 359 g/mol. The molecule has 1 heterocycles. The molecule has 2 N–H and O–H groups in total. The number of alkyl halides is 3. The van der Waals surface area contributed by atoms with Gasteiger partial charge in [0.25, 0.3) is 0 Å². The van der Waals surface area contributed by atoms with Crippen LogP contribution in [0.1, 0.15) is 18.9 Å². The maximum atomic E-state index is 13.0. The Morgan fingerprint density at radius 3 is 2.41 bits per heavy atom. The Bertz CT molecular complexity index is 622. The van der Waals surface area contributed by atoms with Crippen molar-refractivity contribution in [2.75, 3.05) is 13.1 Å². The van der Waals surface area contributed by atoms with Crippen LogP contribution in [0.3, 0.4) is 0 Å². The lowest BCUT2D eigenvalue weighted by Gasteiger charge is -2.23. The number of nitrogens with two attached hydrogens (primary N) is 1. The second-order valence-corrected chi connectivity index (χ2v) is 7.11. The molecule has 1 aliphatic rings. The van der Waals surface area contributed by atoms with Gasteiger partial charge in [0.15, 0.2) is 0 Å². The topological polar surface area (TPSA) is 63.4 Å². The Hall–Kier alpha value is -0.830. The molecule has 0 spiro atoms. The maximum absolute atomic E-state index is 13.0. The van der Waals surface area contributed by atoms with Gasteiger partial charge in [-0.15, -0.1) is 12.4 Å². The smallest absolute Gasteiger partial charge is 0.330 e. The Balaban J connectivity index is 0.00000242. The largest absolute Gasteiger partial charge is 0.417 e. The molecule has 22 heavy (non-hydrogen) atoms. The Labute approximate surface area is 133 Å². The van der Waals surface area contributed by atoms with Crippen molar-refractivity contribution in [1.29, 1.82) is 0 Å². The van der Waals surface area contributed by atoms with Crippen LogP contribution in [-0.2, 0) is 16.2 Å². The van der Waals surface area contributed by atoms with Crippen molar-refractivity contribution in [2.45, 2.75) is 30.5 Å². The molecule has 9 heteroatoms. The molecular formula is C13H18ClF3N2O2S. The van der Waals surface area contributed by atoms with E-state index in [0.717, 1.165) is 16.4 Å². The first-order valence-corrected chi connectivity index (χ1v) is 8.00. The van der Waals surface area contributed by atoms with Crippen molar-refractivity contribution in [3.63, 3.8) is 0 Å². The third-order valence-corrected chi connectivity index (χ3v) is 5.75. The molecule has 0 aromatic heterocycles. The minimum Gasteiger partial charge on any atom is -0.330 e. The highest BCUT2D eigenvalue weighted by atomic mass is 35.5. The Morgan fingerprint density at radius 2 is 1.91 bits per heavy atom. The van der Waals surface area contributed by atoms with Crippen molar-refractivity contribution >= 4 is 22.4 Å². The van der Waals surface area contributed by atoms with Crippen LogP contribution in [0.2, 0.25) is 0 Å². The van der Waals surface area contributed by atoms with Crippen LogP contribution < -0.4 is 5.73 Å². The number of hydrogen-bond acceptors (Lipinski definition) is 3. The zero-order chi connectivity index (χ0) is 15.8. The second kappa shape index (κ2) is 6.74. The molecule has 2 unspecified atom stereocenters. The van der Waals surface area contributed by atoms with Crippen LogP contribution >= 0.6 is 12.4 Å². The lowest BCUT2D eigenvalue weighted by Crippen LogP contribution is -2.35. The lowest BCUT2D eigenvalue weighted by atomic mass is 10.1. The first kappa shape index (κ1) is 19.2. The fourth-order valence-corrected chi connectivity index (χ4v) is 4.60. The van der Waals surface area contributed by atoms with Crippen molar-refractivity contribution in [3.05, 3.63) is 29.8 Å². The van der Waals surface area contributed by atoms with E-state index >= 15 is 0 Å². The molecule has 4 nitrogen and oxygen atoms in total. The summed E-state index contributed by atoms with van der Waals surface area (Å²) in [6, 6.07) is 3.90. The van der Waals surface area contributed by atoms with E-state index in [4.69, 9.17) is 5.73 Å². The van der Waals surface area contributed by atoms with Crippen LogP contribution in [0, 0.1) is 5.92 Å². The number of halogens is 4. The summed E-state index contributed by atoms with van der Waals surface area (Å²) in [7, 11) is -4.19. The predicted octanol–water partition coefficient (Wildman–Crippen LogP) is 2.49. The summed E-state index contributed by atoms with van der Waals surface area (Å²) < 4.78 is 65.2. The third-order valence-electron chi connectivity index (χ3n) is 3.72. The summed E-state index contributed by atoms with van der Waals surface area (Å²) in [5.74, 6) is -0.0205. The second-order valence-electron chi connectivity index (χ2n) is 5.26. The van der Waals surface area contributed by atoms with Crippen LogP contribution in [-0.4, -0.2) is 31.9 Å². The monoisotopic (exact) mass is 358 g/mol. The molecule has 0 aliphatic carbocycles. The fourth-order valence-electron chi connectivity index (χ4n) is 2.67. The quantitative estimate of drug-likeness (QED) is 0.902. The van der Waals surface area contributed by atoms with Gasteiger partial charge in [-0.3, -0.25) is 0 Å². The number of hydrogen-bond donors (Lipinski definition) is 1. The molecule has 0 amide bonds. The highest BCUT2D eigenvalue weighted by molar-refractivity contribution is 7.89. The molecule has 1 aliphatic heterocycles. The van der Waals surface area contributed by atoms with Crippen LogP contribution in [0.4, 0.5) is 13.2 Å². The Kier molecular flexibility index (Phi) is 5.88. The van der Waals surface area contributed by atoms with E-state index < -0.39 is 26.7 Å². The van der Waals surface area contributed by atoms with E-state index in [0.29, 0.717) is 13.0 Å². The summed E-state index contributed by atoms with van der Waals surface area (Å²) in [4.78, 5) is -0.693. The predicted molar refractivity (Wildman–Crippen MR) is 79.2 cm³/mol. The molecule has 0 saturated carbocycles. The van der Waals surface area contributed by atoms with Gasteiger partial charge in [-0.05, 0) is 37.9 Å². The molecule has 2 atom stereocenters. The maximum Gasteiger partial charge on any atom is 0.417 e. The van der Waals surface area contributed by atoms with Gasteiger partial charge in [0.05, 0.1) is 10.5 Å². The summed E-state index contributed by atoms with van der Waals surface area (Å²) in [5, 5.41) is 0. The molecule has 1 saturated heterocycles. The van der Waals surface area contributed by atoms with Crippen LogP contribution in [0.25, 0.3) is 0 Å². The van der Waals surface area contributed by atoms with Crippen LogP contribution in [0.5, 0.6) is 0 Å². The molecule has 1 aromatic carbocycles. The highest BCUT2D eigenvalue weighted by Crippen LogP contribution is 2.37. The van der Waals surface area contributed by atoms with E-state index in [9.17, 15) is 21.6 Å². The molecule has 126 valence electrons. The van der Waals surface area contributed by atoms with E-state index in [-0.39, 0.29) is 30.9 Å². The fraction of sp³-hybridized carbons (Fsp3) is 0.538. The van der Waals surface area contributed by atoms with Gasteiger partial charge >= 0.3 is 6.18 Å². The molecule has 1 aromatic rings. The third kappa shape index (κ3) is 3.56. The number of rotatable bonds is 3. The van der Waals surface area contributed by atoms with Gasteiger partial charge in [0.2, 0.25) is 10.0 Å². The summed E-state index contributed by atoms with van der Waals surface area (Å²) in [6.45, 7) is 2.16. The van der Waals surface area contributed by atoms with Gasteiger partial charge < -0.3 is 5.73 Å². The standard InChI is InChI=1S/C13H17F3N2O2S.ClH/c1-9-6-10(7-17)8-18(9)21(19,20)12-5-3-2-4-11(12)13(14,15)16;/h2-5,9-10H,6-8,17H2,1H3;1H. The molecule has 1 fully saturated rings. The zero-order valence-electron chi connectivity index (χ0n) is 11.9. The van der Waals surface area contributed by atoms with Crippen LogP contribution in [0.15, 0.2) is 29.2 Å². The Morgan fingerprint density at radius 1 is 1.32 bits per heavy atom. The summed E-state index contributed by atoms with van der Waals surface area (Å²) >= 11 is 0. The minimum absolute atomic E-state index is 0. The zero-order valence-corrected chi connectivity index (χ0v) is 13.5. The lowest BCUT2D eigenvalue weighted by molar-refractivity contribution is -0.139.